The molecule has 1 N–H and O–H groups in total. The smallest absolute Gasteiger partial charge is 0.194 e. The lowest BCUT2D eigenvalue weighted by Crippen LogP contribution is -2.57. The Labute approximate surface area is 175 Å². The highest BCUT2D eigenvalue weighted by atomic mass is 32.2. The van der Waals surface area contributed by atoms with Gasteiger partial charge in [-0.3, -0.25) is 4.90 Å². The van der Waals surface area contributed by atoms with Crippen LogP contribution >= 0.6 is 0 Å². The number of nitrogens with zero attached hydrogens (tertiary/aromatic N) is 3. The second kappa shape index (κ2) is 9.45. The summed E-state index contributed by atoms with van der Waals surface area (Å²) in [7, 11) is -3.06. The summed E-state index contributed by atoms with van der Waals surface area (Å²) in [6, 6.07) is 8.61. The molecular formula is C21H34N4O3S. The summed E-state index contributed by atoms with van der Waals surface area (Å²) in [4.78, 5) is 9.25. The summed E-state index contributed by atoms with van der Waals surface area (Å²) in [6.45, 7) is 12.4. The average Bonchev–Trinajstić information content (AvgIpc) is 2.69. The van der Waals surface area contributed by atoms with Crippen LogP contribution in [-0.2, 0) is 27.7 Å². The maximum absolute atomic E-state index is 12.3. The van der Waals surface area contributed by atoms with Gasteiger partial charge in [-0.25, -0.2) is 13.4 Å². The quantitative estimate of drug-likeness (QED) is 0.573. The number of rotatable bonds is 5. The van der Waals surface area contributed by atoms with Crippen LogP contribution in [0.5, 0.6) is 0 Å². The van der Waals surface area contributed by atoms with Gasteiger partial charge < -0.3 is 15.0 Å². The number of sulfone groups is 1. The average molecular weight is 423 g/mol. The van der Waals surface area contributed by atoms with Gasteiger partial charge in [0.1, 0.15) is 0 Å². The van der Waals surface area contributed by atoms with Crippen LogP contribution in [0.3, 0.4) is 0 Å². The lowest BCUT2D eigenvalue weighted by molar-refractivity contribution is 0.0342. The molecular weight excluding hydrogens is 388 g/mol. The molecule has 2 fully saturated rings. The van der Waals surface area contributed by atoms with Crippen LogP contribution in [0, 0.1) is 0 Å². The van der Waals surface area contributed by atoms with Crippen molar-refractivity contribution in [3.8, 4) is 0 Å². The van der Waals surface area contributed by atoms with Crippen molar-refractivity contribution in [3.05, 3.63) is 35.4 Å². The Kier molecular flexibility index (Phi) is 7.19. The Morgan fingerprint density at radius 1 is 1.14 bits per heavy atom. The molecule has 1 aromatic rings. The topological polar surface area (TPSA) is 74.2 Å². The summed E-state index contributed by atoms with van der Waals surface area (Å²) in [5, 5.41) is 3.32. The lowest BCUT2D eigenvalue weighted by atomic mass is 10.1. The van der Waals surface area contributed by atoms with Crippen LogP contribution < -0.4 is 5.32 Å². The van der Waals surface area contributed by atoms with Gasteiger partial charge in [0, 0.05) is 39.3 Å². The van der Waals surface area contributed by atoms with Gasteiger partial charge in [0.15, 0.2) is 15.8 Å². The Hall–Kier alpha value is -1.64. The summed E-state index contributed by atoms with van der Waals surface area (Å²) < 4.78 is 29.2. The minimum absolute atomic E-state index is 0.167. The van der Waals surface area contributed by atoms with E-state index in [1.807, 2.05) is 6.92 Å². The molecule has 0 unspecified atom stereocenters. The van der Waals surface area contributed by atoms with E-state index in [1.54, 1.807) is 13.8 Å². The molecule has 0 saturated carbocycles. The van der Waals surface area contributed by atoms with E-state index in [2.05, 4.69) is 39.4 Å². The number of benzene rings is 1. The third kappa shape index (κ3) is 5.71. The number of aliphatic imine (C=N–C) groups is 1. The van der Waals surface area contributed by atoms with E-state index in [1.165, 1.54) is 5.56 Å². The van der Waals surface area contributed by atoms with Crippen molar-refractivity contribution in [2.24, 2.45) is 4.99 Å². The molecule has 8 heteroatoms. The summed E-state index contributed by atoms with van der Waals surface area (Å²) >= 11 is 0. The van der Waals surface area contributed by atoms with Crippen molar-refractivity contribution in [2.75, 3.05) is 51.7 Å². The molecule has 0 radical (unpaired) electrons. The van der Waals surface area contributed by atoms with Gasteiger partial charge in [-0.2, -0.15) is 0 Å². The van der Waals surface area contributed by atoms with Crippen molar-refractivity contribution in [1.82, 2.24) is 15.1 Å². The van der Waals surface area contributed by atoms with Crippen molar-refractivity contribution < 1.29 is 13.2 Å². The molecule has 0 aromatic heterocycles. The molecule has 0 atom stereocenters. The fourth-order valence-corrected chi connectivity index (χ4v) is 5.05. The van der Waals surface area contributed by atoms with E-state index in [0.717, 1.165) is 50.9 Å². The number of morpholine rings is 1. The zero-order valence-electron chi connectivity index (χ0n) is 17.9. The molecule has 29 heavy (non-hydrogen) atoms. The number of hydrogen-bond donors (Lipinski definition) is 1. The predicted molar refractivity (Wildman–Crippen MR) is 117 cm³/mol. The van der Waals surface area contributed by atoms with Gasteiger partial charge >= 0.3 is 0 Å². The van der Waals surface area contributed by atoms with Crippen LogP contribution in [0.15, 0.2) is 29.3 Å². The van der Waals surface area contributed by atoms with Gasteiger partial charge in [0.2, 0.25) is 0 Å². The highest BCUT2D eigenvalue weighted by Crippen LogP contribution is 2.23. The zero-order chi connectivity index (χ0) is 20.9. The SMILES string of the molecule is CCNC(=NCc1ccc(CN2CCOCC2)cc1)N1CCS(=O)(=O)C(C)(C)C1. The van der Waals surface area contributed by atoms with Crippen molar-refractivity contribution in [1.29, 1.82) is 0 Å². The van der Waals surface area contributed by atoms with Crippen LogP contribution in [0.1, 0.15) is 31.9 Å². The number of hydrogen-bond acceptors (Lipinski definition) is 5. The van der Waals surface area contributed by atoms with Crippen LogP contribution in [0.4, 0.5) is 0 Å². The standard InChI is InChI=1S/C21H34N4O3S/c1-4-22-20(25-11-14-29(26,27)21(2,3)17-25)23-15-18-5-7-19(8-6-18)16-24-9-12-28-13-10-24/h5-8H,4,9-17H2,1-3H3,(H,22,23). The zero-order valence-corrected chi connectivity index (χ0v) is 18.7. The molecule has 2 aliphatic heterocycles. The third-order valence-electron chi connectivity index (χ3n) is 5.62. The number of guanidine groups is 1. The fourth-order valence-electron chi connectivity index (χ4n) is 3.68. The second-order valence-electron chi connectivity index (χ2n) is 8.38. The summed E-state index contributed by atoms with van der Waals surface area (Å²) in [5.41, 5.74) is 2.45. The molecule has 2 heterocycles. The number of ether oxygens (including phenoxy) is 1. The predicted octanol–water partition coefficient (Wildman–Crippen LogP) is 1.49. The largest absolute Gasteiger partial charge is 0.379 e. The van der Waals surface area contributed by atoms with Gasteiger partial charge in [-0.15, -0.1) is 0 Å². The van der Waals surface area contributed by atoms with E-state index < -0.39 is 14.6 Å². The second-order valence-corrected chi connectivity index (χ2v) is 11.1. The van der Waals surface area contributed by atoms with Crippen molar-refractivity contribution in [2.45, 2.75) is 38.6 Å². The first-order valence-corrected chi connectivity index (χ1v) is 12.1. The van der Waals surface area contributed by atoms with E-state index in [4.69, 9.17) is 9.73 Å². The van der Waals surface area contributed by atoms with Gasteiger partial charge in [-0.05, 0) is 31.9 Å². The number of nitrogens with one attached hydrogen (secondary N) is 1. The Balaban J connectivity index is 1.62. The van der Waals surface area contributed by atoms with Crippen LogP contribution in [-0.4, -0.2) is 80.6 Å². The molecule has 162 valence electrons. The lowest BCUT2D eigenvalue weighted by Gasteiger charge is -2.39. The Morgan fingerprint density at radius 3 is 2.41 bits per heavy atom. The third-order valence-corrected chi connectivity index (χ3v) is 8.16. The van der Waals surface area contributed by atoms with E-state index in [-0.39, 0.29) is 5.75 Å². The van der Waals surface area contributed by atoms with E-state index in [9.17, 15) is 8.42 Å². The van der Waals surface area contributed by atoms with E-state index in [0.29, 0.717) is 19.6 Å². The minimum Gasteiger partial charge on any atom is -0.379 e. The Morgan fingerprint density at radius 2 is 1.79 bits per heavy atom. The van der Waals surface area contributed by atoms with Gasteiger partial charge in [0.05, 0.1) is 30.3 Å². The molecule has 3 rings (SSSR count). The summed E-state index contributed by atoms with van der Waals surface area (Å²) in [5.74, 6) is 0.952. The fraction of sp³-hybridized carbons (Fsp3) is 0.667. The monoisotopic (exact) mass is 422 g/mol. The molecule has 1 aromatic carbocycles. The van der Waals surface area contributed by atoms with Crippen molar-refractivity contribution in [3.63, 3.8) is 0 Å². The Bertz CT molecular complexity index is 800. The molecule has 2 saturated heterocycles. The normalized spacial score (nSPS) is 22.4. The van der Waals surface area contributed by atoms with Crippen molar-refractivity contribution >= 4 is 15.8 Å². The molecule has 0 amide bonds. The van der Waals surface area contributed by atoms with E-state index >= 15 is 0 Å². The van der Waals surface area contributed by atoms with Crippen LogP contribution in [0.2, 0.25) is 0 Å². The highest BCUT2D eigenvalue weighted by Gasteiger charge is 2.40. The van der Waals surface area contributed by atoms with Gasteiger partial charge in [0.25, 0.3) is 0 Å². The molecule has 0 aliphatic carbocycles. The maximum atomic E-state index is 12.3. The van der Waals surface area contributed by atoms with Crippen LogP contribution in [0.25, 0.3) is 0 Å². The highest BCUT2D eigenvalue weighted by molar-refractivity contribution is 7.92. The minimum atomic E-state index is -3.06. The molecule has 0 spiro atoms. The summed E-state index contributed by atoms with van der Waals surface area (Å²) in [6.07, 6.45) is 0. The molecule has 0 bridgehead atoms. The first-order valence-electron chi connectivity index (χ1n) is 10.4. The first kappa shape index (κ1) is 22.1. The molecule has 7 nitrogen and oxygen atoms in total. The molecule has 2 aliphatic rings. The first-order chi connectivity index (χ1) is 13.8. The van der Waals surface area contributed by atoms with Gasteiger partial charge in [-0.1, -0.05) is 24.3 Å². The maximum Gasteiger partial charge on any atom is 0.194 e.